The molecule has 0 aliphatic rings. The number of methoxy groups -OCH3 is 1. The molecule has 0 aromatic heterocycles. The van der Waals surface area contributed by atoms with Crippen molar-refractivity contribution in [3.63, 3.8) is 0 Å². The average molecular weight is 219 g/mol. The highest BCUT2D eigenvalue weighted by atomic mass is 16.5. The predicted octanol–water partition coefficient (Wildman–Crippen LogP) is 3.05. The van der Waals surface area contributed by atoms with Gasteiger partial charge in [0.05, 0.1) is 7.11 Å². The zero-order chi connectivity index (χ0) is 12.0. The van der Waals surface area contributed by atoms with Crippen LogP contribution in [0, 0.1) is 0 Å². The first-order valence-corrected chi connectivity index (χ1v) is 5.61. The van der Waals surface area contributed by atoms with Gasteiger partial charge in [-0.05, 0) is 50.7 Å². The van der Waals surface area contributed by atoms with Gasteiger partial charge in [-0.25, -0.2) is 0 Å². The highest BCUT2D eigenvalue weighted by molar-refractivity contribution is 5.66. The largest absolute Gasteiger partial charge is 0.497 e. The molecule has 0 amide bonds. The van der Waals surface area contributed by atoms with Gasteiger partial charge < -0.3 is 9.64 Å². The molecule has 0 aliphatic heterocycles. The number of nitrogens with zero attached hydrogens (tertiary/aromatic N) is 1. The van der Waals surface area contributed by atoms with Crippen LogP contribution in [-0.2, 0) is 0 Å². The lowest BCUT2D eigenvalue weighted by atomic mass is 10.0. The standard InChI is InChI=1S/C14H21NO/c1-5-12(9-10-15(2)3)13-7-6-8-14(11-13)16-4/h5-8,11H,9-10H2,1-4H3/b12-5-. The number of hydrogen-bond donors (Lipinski definition) is 0. The minimum Gasteiger partial charge on any atom is -0.497 e. The predicted molar refractivity (Wildman–Crippen MR) is 69.8 cm³/mol. The van der Waals surface area contributed by atoms with Crippen molar-refractivity contribution >= 4 is 5.57 Å². The van der Waals surface area contributed by atoms with Crippen LogP contribution in [0.5, 0.6) is 5.75 Å². The van der Waals surface area contributed by atoms with Crippen LogP contribution >= 0.6 is 0 Å². The Morgan fingerprint density at radius 2 is 2.12 bits per heavy atom. The molecule has 0 fully saturated rings. The first kappa shape index (κ1) is 12.8. The highest BCUT2D eigenvalue weighted by Gasteiger charge is 2.02. The summed E-state index contributed by atoms with van der Waals surface area (Å²) >= 11 is 0. The molecule has 88 valence electrons. The van der Waals surface area contributed by atoms with E-state index in [-0.39, 0.29) is 0 Å². The second-order valence-electron chi connectivity index (χ2n) is 4.10. The summed E-state index contributed by atoms with van der Waals surface area (Å²) in [6, 6.07) is 8.23. The average Bonchev–Trinajstić information content (AvgIpc) is 2.30. The molecule has 0 spiro atoms. The minimum absolute atomic E-state index is 0.918. The Hall–Kier alpha value is -1.28. The zero-order valence-electron chi connectivity index (χ0n) is 10.7. The van der Waals surface area contributed by atoms with E-state index in [1.54, 1.807) is 7.11 Å². The molecule has 0 saturated heterocycles. The third-order valence-corrected chi connectivity index (χ3v) is 2.62. The molecule has 0 heterocycles. The maximum Gasteiger partial charge on any atom is 0.119 e. The fraction of sp³-hybridized carbons (Fsp3) is 0.429. The monoisotopic (exact) mass is 219 g/mol. The van der Waals surface area contributed by atoms with Gasteiger partial charge in [0.15, 0.2) is 0 Å². The second-order valence-corrected chi connectivity index (χ2v) is 4.10. The van der Waals surface area contributed by atoms with Crippen LogP contribution in [0.4, 0.5) is 0 Å². The van der Waals surface area contributed by atoms with E-state index in [4.69, 9.17) is 4.74 Å². The van der Waals surface area contributed by atoms with Crippen molar-refractivity contribution in [2.75, 3.05) is 27.7 Å². The van der Waals surface area contributed by atoms with Crippen LogP contribution < -0.4 is 4.74 Å². The van der Waals surface area contributed by atoms with Gasteiger partial charge in [0.1, 0.15) is 5.75 Å². The second kappa shape index (κ2) is 6.33. The van der Waals surface area contributed by atoms with E-state index in [1.165, 1.54) is 11.1 Å². The molecule has 0 N–H and O–H groups in total. The zero-order valence-corrected chi connectivity index (χ0v) is 10.7. The van der Waals surface area contributed by atoms with Crippen LogP contribution in [0.3, 0.4) is 0 Å². The molecule has 0 atom stereocenters. The molecule has 0 bridgehead atoms. The third-order valence-electron chi connectivity index (χ3n) is 2.62. The Labute approximate surface area is 98.5 Å². The van der Waals surface area contributed by atoms with Crippen molar-refractivity contribution in [1.29, 1.82) is 0 Å². The molecular weight excluding hydrogens is 198 g/mol. The maximum atomic E-state index is 5.24. The van der Waals surface area contributed by atoms with Gasteiger partial charge >= 0.3 is 0 Å². The van der Waals surface area contributed by atoms with Crippen LogP contribution in [-0.4, -0.2) is 32.6 Å². The Balaban J connectivity index is 2.79. The van der Waals surface area contributed by atoms with E-state index in [1.807, 2.05) is 12.1 Å². The fourth-order valence-corrected chi connectivity index (χ4v) is 1.62. The molecular formula is C14H21NO. The van der Waals surface area contributed by atoms with Crippen molar-refractivity contribution in [1.82, 2.24) is 4.90 Å². The van der Waals surface area contributed by atoms with E-state index in [0.29, 0.717) is 0 Å². The molecule has 1 aromatic rings. The van der Waals surface area contributed by atoms with Crippen molar-refractivity contribution in [3.8, 4) is 5.75 Å². The summed E-state index contributed by atoms with van der Waals surface area (Å²) in [5.41, 5.74) is 2.62. The van der Waals surface area contributed by atoms with Crippen LogP contribution in [0.15, 0.2) is 30.3 Å². The van der Waals surface area contributed by atoms with Crippen molar-refractivity contribution in [2.24, 2.45) is 0 Å². The van der Waals surface area contributed by atoms with Crippen LogP contribution in [0.25, 0.3) is 5.57 Å². The van der Waals surface area contributed by atoms with Gasteiger partial charge in [-0.3, -0.25) is 0 Å². The fourth-order valence-electron chi connectivity index (χ4n) is 1.62. The Kier molecular flexibility index (Phi) is 5.06. The third kappa shape index (κ3) is 3.70. The Bertz CT molecular complexity index is 356. The van der Waals surface area contributed by atoms with E-state index >= 15 is 0 Å². The van der Waals surface area contributed by atoms with Gasteiger partial charge in [-0.15, -0.1) is 0 Å². The van der Waals surface area contributed by atoms with E-state index < -0.39 is 0 Å². The summed E-state index contributed by atoms with van der Waals surface area (Å²) < 4.78 is 5.24. The van der Waals surface area contributed by atoms with E-state index in [9.17, 15) is 0 Å². The highest BCUT2D eigenvalue weighted by Crippen LogP contribution is 2.22. The normalized spacial score (nSPS) is 11.9. The lowest BCUT2D eigenvalue weighted by molar-refractivity contribution is 0.414. The topological polar surface area (TPSA) is 12.5 Å². The van der Waals surface area contributed by atoms with Gasteiger partial charge in [0.25, 0.3) is 0 Å². The van der Waals surface area contributed by atoms with Crippen molar-refractivity contribution in [3.05, 3.63) is 35.9 Å². The van der Waals surface area contributed by atoms with Crippen LogP contribution in [0.1, 0.15) is 18.9 Å². The van der Waals surface area contributed by atoms with E-state index in [2.05, 4.69) is 44.1 Å². The molecule has 0 aliphatic carbocycles. The number of benzene rings is 1. The molecule has 2 nitrogen and oxygen atoms in total. The molecule has 2 heteroatoms. The lowest BCUT2D eigenvalue weighted by Gasteiger charge is -2.13. The van der Waals surface area contributed by atoms with Gasteiger partial charge in [-0.2, -0.15) is 0 Å². The number of hydrogen-bond acceptors (Lipinski definition) is 2. The first-order valence-electron chi connectivity index (χ1n) is 5.61. The quantitative estimate of drug-likeness (QED) is 0.754. The van der Waals surface area contributed by atoms with Gasteiger partial charge in [0, 0.05) is 6.54 Å². The van der Waals surface area contributed by atoms with Gasteiger partial charge in [0.2, 0.25) is 0 Å². The maximum absolute atomic E-state index is 5.24. The minimum atomic E-state index is 0.918. The summed E-state index contributed by atoms with van der Waals surface area (Å²) in [5, 5.41) is 0. The van der Waals surface area contributed by atoms with Crippen LogP contribution in [0.2, 0.25) is 0 Å². The molecule has 1 rings (SSSR count). The summed E-state index contributed by atoms with van der Waals surface area (Å²) in [5.74, 6) is 0.918. The molecule has 16 heavy (non-hydrogen) atoms. The molecule has 0 radical (unpaired) electrons. The number of allylic oxidation sites excluding steroid dienone is 1. The van der Waals surface area contributed by atoms with Crippen molar-refractivity contribution < 1.29 is 4.74 Å². The summed E-state index contributed by atoms with van der Waals surface area (Å²) in [6.07, 6.45) is 3.24. The van der Waals surface area contributed by atoms with Gasteiger partial charge in [-0.1, -0.05) is 18.2 Å². The molecule has 1 aromatic carbocycles. The summed E-state index contributed by atoms with van der Waals surface area (Å²) in [4.78, 5) is 2.20. The number of rotatable bonds is 5. The Morgan fingerprint density at radius 3 is 2.69 bits per heavy atom. The first-order chi connectivity index (χ1) is 7.67. The van der Waals surface area contributed by atoms with E-state index in [0.717, 1.165) is 18.7 Å². The molecule has 0 saturated carbocycles. The van der Waals surface area contributed by atoms with Crippen molar-refractivity contribution in [2.45, 2.75) is 13.3 Å². The number of ether oxygens (including phenoxy) is 1. The Morgan fingerprint density at radius 1 is 1.38 bits per heavy atom. The lowest BCUT2D eigenvalue weighted by Crippen LogP contribution is -2.13. The SMILES string of the molecule is C/C=C(/CCN(C)C)c1cccc(OC)c1. The molecule has 0 unspecified atom stereocenters. The smallest absolute Gasteiger partial charge is 0.119 e. The summed E-state index contributed by atoms with van der Waals surface area (Å²) in [6.45, 7) is 3.15. The summed E-state index contributed by atoms with van der Waals surface area (Å²) in [7, 11) is 5.89.